The van der Waals surface area contributed by atoms with Crippen LogP contribution in [0, 0.1) is 0 Å². The number of thiophene rings is 1. The highest BCUT2D eigenvalue weighted by Crippen LogP contribution is 2.42. The van der Waals surface area contributed by atoms with Crippen LogP contribution in [0.15, 0.2) is 16.3 Å². The Balaban J connectivity index is 0.00000109. The van der Waals surface area contributed by atoms with Gasteiger partial charge in [0.15, 0.2) is 11.5 Å². The van der Waals surface area contributed by atoms with Gasteiger partial charge in [-0.1, -0.05) is 6.92 Å². The van der Waals surface area contributed by atoms with E-state index in [0.29, 0.717) is 72.7 Å². The van der Waals surface area contributed by atoms with Crippen molar-refractivity contribution in [3.8, 4) is 11.5 Å². The zero-order chi connectivity index (χ0) is 34.5. The Morgan fingerprint density at radius 3 is 1.68 bits per heavy atom. The molecule has 2 aromatic rings. The van der Waals surface area contributed by atoms with Gasteiger partial charge in [-0.3, -0.25) is 4.57 Å². The lowest BCUT2D eigenvalue weighted by atomic mass is 10.1. The fourth-order valence-corrected chi connectivity index (χ4v) is 6.66. The van der Waals surface area contributed by atoms with Crippen LogP contribution in [0.3, 0.4) is 0 Å². The molecule has 254 valence electrons. The van der Waals surface area contributed by atoms with Crippen LogP contribution < -0.4 is 25.7 Å². The molecule has 0 radical (unpaired) electrons. The van der Waals surface area contributed by atoms with Gasteiger partial charge in [-0.05, 0) is 44.0 Å². The third-order valence-corrected chi connectivity index (χ3v) is 8.52. The highest BCUT2D eigenvalue weighted by atomic mass is 32.2. The molecule has 0 aliphatic carbocycles. The number of nitrogens with one attached hydrogen (secondary N) is 1. The molecule has 0 fully saturated rings. The second-order valence-electron chi connectivity index (χ2n) is 8.07. The molecule has 2 rings (SSSR count). The summed E-state index contributed by atoms with van der Waals surface area (Å²) in [7, 11) is -8.64. The van der Waals surface area contributed by atoms with Crippen LogP contribution in [0.1, 0.15) is 25.3 Å². The fraction of sp³-hybridized carbons (Fsp3) is 0.524. The van der Waals surface area contributed by atoms with E-state index in [-0.39, 0.29) is 4.21 Å². The van der Waals surface area contributed by atoms with Gasteiger partial charge in [-0.2, -0.15) is 31.1 Å². The molecule has 1 aromatic heterocycles. The Morgan fingerprint density at radius 1 is 0.932 bits per heavy atom. The van der Waals surface area contributed by atoms with Gasteiger partial charge in [0.2, 0.25) is 0 Å². The van der Waals surface area contributed by atoms with Crippen LogP contribution in [-0.4, -0.2) is 85.3 Å². The maximum absolute atomic E-state index is 12.7. The van der Waals surface area contributed by atoms with Crippen molar-refractivity contribution in [2.75, 3.05) is 32.6 Å². The van der Waals surface area contributed by atoms with Crippen molar-refractivity contribution in [1.29, 1.82) is 0 Å². The quantitative estimate of drug-likeness (QED) is 0.0899. The minimum Gasteiger partial charge on any atom is -0.490 e. The number of sulfonamides is 1. The Kier molecular flexibility index (Phi) is 16.6. The van der Waals surface area contributed by atoms with Gasteiger partial charge < -0.3 is 40.9 Å². The average Bonchev–Trinajstić information content (AvgIpc) is 3.25. The highest BCUT2D eigenvalue weighted by Gasteiger charge is 2.39. The van der Waals surface area contributed by atoms with Crippen LogP contribution >= 0.6 is 18.9 Å². The average molecular weight is 710 g/mol. The lowest BCUT2D eigenvalue weighted by Gasteiger charge is -2.13. The first-order chi connectivity index (χ1) is 20.0. The number of carboxylic acid groups (broad SMARTS) is 2. The Morgan fingerprint density at radius 2 is 1.34 bits per heavy atom. The highest BCUT2D eigenvalue weighted by molar-refractivity contribution is 7.92. The molecule has 1 heterocycles. The summed E-state index contributed by atoms with van der Waals surface area (Å²) in [6.07, 6.45) is -9.43. The number of aryl methyl sites for hydroxylation is 1. The number of fused-ring (bicyclic) bond motifs is 1. The maximum Gasteiger partial charge on any atom is 0.490 e. The lowest BCUT2D eigenvalue weighted by Crippen LogP contribution is -2.24. The SMILES string of the molecule is CCc1c(S(=O)(=O)NCP(=O)(O)O)sc2cc(OCCCN)c(OCCCN)cc12.O=C(O)C(F)(F)F.O=C(O)C(F)(F)F. The Bertz CT molecular complexity index is 1370. The van der Waals surface area contributed by atoms with E-state index in [4.69, 9.17) is 50.5 Å². The van der Waals surface area contributed by atoms with Crippen molar-refractivity contribution in [2.24, 2.45) is 11.5 Å². The van der Waals surface area contributed by atoms with Crippen molar-refractivity contribution >= 4 is 51.0 Å². The molecule has 0 aliphatic heterocycles. The molecule has 0 amide bonds. The minimum atomic E-state index is -5.08. The minimum absolute atomic E-state index is 0.0143. The second kappa shape index (κ2) is 17.7. The number of benzene rings is 1. The summed E-state index contributed by atoms with van der Waals surface area (Å²) in [6.45, 7) is 3.52. The summed E-state index contributed by atoms with van der Waals surface area (Å²) >= 11 is 1.01. The van der Waals surface area contributed by atoms with E-state index in [1.807, 2.05) is 11.6 Å². The van der Waals surface area contributed by atoms with E-state index in [1.165, 1.54) is 0 Å². The van der Waals surface area contributed by atoms with Gasteiger partial charge in [0.25, 0.3) is 10.0 Å². The van der Waals surface area contributed by atoms with Crippen molar-refractivity contribution in [3.63, 3.8) is 0 Å². The molecule has 0 saturated heterocycles. The number of carboxylic acids is 2. The topological polar surface area (TPSA) is 249 Å². The molecule has 0 saturated carbocycles. The van der Waals surface area contributed by atoms with Crippen LogP contribution in [0.5, 0.6) is 11.5 Å². The summed E-state index contributed by atoms with van der Waals surface area (Å²) in [5, 5.41) is 14.9. The molecule has 14 nitrogen and oxygen atoms in total. The molecule has 0 aliphatic rings. The van der Waals surface area contributed by atoms with E-state index in [1.54, 1.807) is 12.1 Å². The van der Waals surface area contributed by atoms with Gasteiger partial charge in [-0.25, -0.2) is 18.0 Å². The Labute approximate surface area is 250 Å². The van der Waals surface area contributed by atoms with Gasteiger partial charge in [0.05, 0.1) is 13.2 Å². The molecule has 23 heteroatoms. The summed E-state index contributed by atoms with van der Waals surface area (Å²) in [5.41, 5.74) is 11.6. The van der Waals surface area contributed by atoms with Crippen LogP contribution in [-0.2, 0) is 30.6 Å². The van der Waals surface area contributed by atoms with Gasteiger partial charge in [0.1, 0.15) is 10.5 Å². The predicted molar refractivity (Wildman–Crippen MR) is 144 cm³/mol. The molecule has 0 spiro atoms. The van der Waals surface area contributed by atoms with Gasteiger partial charge in [0, 0.05) is 16.2 Å². The molecule has 0 atom stereocenters. The van der Waals surface area contributed by atoms with Crippen LogP contribution in [0.4, 0.5) is 26.3 Å². The third kappa shape index (κ3) is 14.8. The number of hydrogen-bond acceptors (Lipinski definition) is 10. The first-order valence-corrected chi connectivity index (χ1v) is 16.0. The molecule has 0 unspecified atom stereocenters. The van der Waals surface area contributed by atoms with Crippen molar-refractivity contribution in [2.45, 2.75) is 42.7 Å². The zero-order valence-corrected chi connectivity index (χ0v) is 25.2. The van der Waals surface area contributed by atoms with Crippen LogP contribution in [0.25, 0.3) is 10.1 Å². The standard InChI is InChI=1S/C17H28N3O7PS2.2C2HF3O2/c1-2-12-13-9-14(26-7-3-5-18)15(27-8-4-6-19)10-16(13)29-17(12)30(24,25)20-11-28(21,22)23;2*3-2(4,5)1(6)7/h9-10,20H,2-8,11,18-19H2,1H3,(H2,21,22,23);2*(H,6,7). The van der Waals surface area contributed by atoms with Gasteiger partial charge >= 0.3 is 31.9 Å². The van der Waals surface area contributed by atoms with E-state index in [9.17, 15) is 39.3 Å². The van der Waals surface area contributed by atoms with Crippen molar-refractivity contribution in [3.05, 3.63) is 17.7 Å². The molecule has 1 aromatic carbocycles. The molecular formula is C21H30F6N3O11PS2. The number of halogens is 6. The molecule has 0 bridgehead atoms. The molecule has 9 N–H and O–H groups in total. The number of aliphatic carboxylic acids is 2. The zero-order valence-electron chi connectivity index (χ0n) is 22.6. The first-order valence-electron chi connectivity index (χ1n) is 11.9. The van der Waals surface area contributed by atoms with E-state index < -0.39 is 48.2 Å². The summed E-state index contributed by atoms with van der Waals surface area (Å²) < 4.78 is 114. The second-order valence-corrected chi connectivity index (χ2v) is 12.7. The first kappa shape index (κ1) is 41.3. The largest absolute Gasteiger partial charge is 0.490 e. The van der Waals surface area contributed by atoms with E-state index >= 15 is 0 Å². The van der Waals surface area contributed by atoms with Crippen molar-refractivity contribution < 1.29 is 78.4 Å². The third-order valence-electron chi connectivity index (χ3n) is 4.58. The summed E-state index contributed by atoms with van der Waals surface area (Å²) in [6, 6.07) is 3.45. The fourth-order valence-electron chi connectivity index (χ4n) is 2.68. The Hall–Kier alpha value is -2.72. The van der Waals surface area contributed by atoms with Crippen LogP contribution in [0.2, 0.25) is 0 Å². The number of rotatable bonds is 13. The number of ether oxygens (including phenoxy) is 2. The number of carbonyl (C=O) groups is 2. The molecule has 44 heavy (non-hydrogen) atoms. The number of alkyl halides is 6. The smallest absolute Gasteiger partial charge is 0.490 e. The monoisotopic (exact) mass is 709 g/mol. The summed E-state index contributed by atoms with van der Waals surface area (Å²) in [5.74, 6) is -4.56. The predicted octanol–water partition coefficient (Wildman–Crippen LogP) is 2.60. The number of nitrogens with two attached hydrogens (primary N) is 2. The maximum atomic E-state index is 12.7. The van der Waals surface area contributed by atoms with Gasteiger partial charge in [-0.15, -0.1) is 11.3 Å². The lowest BCUT2D eigenvalue weighted by molar-refractivity contribution is -0.193. The number of hydrogen-bond donors (Lipinski definition) is 7. The summed E-state index contributed by atoms with van der Waals surface area (Å²) in [4.78, 5) is 35.8. The van der Waals surface area contributed by atoms with Crippen molar-refractivity contribution in [1.82, 2.24) is 4.72 Å². The van der Waals surface area contributed by atoms with E-state index in [0.717, 1.165) is 11.3 Å². The molecular weight excluding hydrogens is 679 g/mol. The van der Waals surface area contributed by atoms with E-state index in [2.05, 4.69) is 0 Å². The normalized spacial score (nSPS) is 12.1.